The first-order valence-electron chi connectivity index (χ1n) is 4.43. The van der Waals surface area contributed by atoms with Crippen molar-refractivity contribution in [2.45, 2.75) is 13.3 Å². The SMILES string of the molecule is CCNC(=O)CCNCCS(N)(=O)=O. The van der Waals surface area contributed by atoms with Gasteiger partial charge >= 0.3 is 0 Å². The van der Waals surface area contributed by atoms with Gasteiger partial charge in [-0.3, -0.25) is 4.79 Å². The molecule has 0 aromatic heterocycles. The standard InChI is InChI=1S/C7H17N3O3S/c1-2-10-7(11)3-4-9-5-6-14(8,12)13/h9H,2-6H2,1H3,(H,10,11)(H2,8,12,13). The molecule has 0 aliphatic heterocycles. The van der Waals surface area contributed by atoms with Crippen molar-refractivity contribution < 1.29 is 13.2 Å². The highest BCUT2D eigenvalue weighted by atomic mass is 32.2. The number of amides is 1. The van der Waals surface area contributed by atoms with E-state index in [1.165, 1.54) is 0 Å². The summed E-state index contributed by atoms with van der Waals surface area (Å²) in [5.74, 6) is -0.154. The molecule has 6 nitrogen and oxygen atoms in total. The van der Waals surface area contributed by atoms with E-state index < -0.39 is 10.0 Å². The van der Waals surface area contributed by atoms with E-state index in [9.17, 15) is 13.2 Å². The molecule has 7 heteroatoms. The molecular weight excluding hydrogens is 206 g/mol. The van der Waals surface area contributed by atoms with E-state index >= 15 is 0 Å². The van der Waals surface area contributed by atoms with Crippen LogP contribution in [0.3, 0.4) is 0 Å². The van der Waals surface area contributed by atoms with Crippen molar-refractivity contribution in [3.05, 3.63) is 0 Å². The molecule has 0 aliphatic rings. The van der Waals surface area contributed by atoms with E-state index in [1.54, 1.807) is 0 Å². The number of hydrogen-bond acceptors (Lipinski definition) is 4. The molecule has 84 valence electrons. The fraction of sp³-hybridized carbons (Fsp3) is 0.857. The van der Waals surface area contributed by atoms with Gasteiger partial charge in [-0.15, -0.1) is 0 Å². The van der Waals surface area contributed by atoms with Crippen LogP contribution in [0.5, 0.6) is 0 Å². The maximum absolute atomic E-state index is 10.9. The fourth-order valence-corrected chi connectivity index (χ4v) is 1.26. The zero-order chi connectivity index (χ0) is 11.0. The monoisotopic (exact) mass is 223 g/mol. The van der Waals surface area contributed by atoms with Crippen molar-refractivity contribution in [3.63, 3.8) is 0 Å². The Balaban J connectivity index is 3.34. The van der Waals surface area contributed by atoms with Crippen molar-refractivity contribution >= 4 is 15.9 Å². The van der Waals surface area contributed by atoms with Crippen molar-refractivity contribution in [2.75, 3.05) is 25.4 Å². The average molecular weight is 223 g/mol. The summed E-state index contributed by atoms with van der Waals surface area (Å²) in [5, 5.41) is 10.2. The van der Waals surface area contributed by atoms with Crippen LogP contribution in [0.2, 0.25) is 0 Å². The van der Waals surface area contributed by atoms with Crippen LogP contribution in [0, 0.1) is 0 Å². The molecule has 0 fully saturated rings. The smallest absolute Gasteiger partial charge is 0.221 e. The summed E-state index contributed by atoms with van der Waals surface area (Å²) in [6, 6.07) is 0. The maximum Gasteiger partial charge on any atom is 0.221 e. The Morgan fingerprint density at radius 1 is 1.36 bits per heavy atom. The van der Waals surface area contributed by atoms with Gasteiger partial charge in [-0.25, -0.2) is 13.6 Å². The number of nitrogens with two attached hydrogens (primary N) is 1. The minimum Gasteiger partial charge on any atom is -0.356 e. The molecule has 0 radical (unpaired) electrons. The molecule has 0 rings (SSSR count). The van der Waals surface area contributed by atoms with Gasteiger partial charge in [0.05, 0.1) is 5.75 Å². The number of hydrogen-bond donors (Lipinski definition) is 3. The molecule has 1 amide bonds. The van der Waals surface area contributed by atoms with E-state index in [4.69, 9.17) is 5.14 Å². The zero-order valence-electron chi connectivity index (χ0n) is 8.25. The lowest BCUT2D eigenvalue weighted by molar-refractivity contribution is -0.120. The van der Waals surface area contributed by atoms with Gasteiger partial charge in [0.2, 0.25) is 15.9 Å². The van der Waals surface area contributed by atoms with Crippen molar-refractivity contribution in [1.29, 1.82) is 0 Å². The minimum absolute atomic E-state index is 0.0457. The van der Waals surface area contributed by atoms with Gasteiger partial charge in [-0.05, 0) is 6.92 Å². The number of carbonyl (C=O) groups excluding carboxylic acids is 1. The van der Waals surface area contributed by atoms with Crippen LogP contribution in [-0.2, 0) is 14.8 Å². The molecule has 4 N–H and O–H groups in total. The molecule has 0 aromatic rings. The first-order valence-corrected chi connectivity index (χ1v) is 6.15. The topological polar surface area (TPSA) is 101 Å². The largest absolute Gasteiger partial charge is 0.356 e. The lowest BCUT2D eigenvalue weighted by Gasteiger charge is -2.03. The van der Waals surface area contributed by atoms with E-state index in [1.807, 2.05) is 6.92 Å². The number of rotatable bonds is 7. The Kier molecular flexibility index (Phi) is 6.43. The van der Waals surface area contributed by atoms with Crippen molar-refractivity contribution in [3.8, 4) is 0 Å². The van der Waals surface area contributed by atoms with Crippen LogP contribution in [0.25, 0.3) is 0 Å². The number of sulfonamides is 1. The molecule has 0 bridgehead atoms. The third-order valence-electron chi connectivity index (χ3n) is 1.47. The van der Waals surface area contributed by atoms with Gasteiger partial charge in [-0.2, -0.15) is 0 Å². The molecule has 0 heterocycles. The van der Waals surface area contributed by atoms with Crippen molar-refractivity contribution in [1.82, 2.24) is 10.6 Å². The van der Waals surface area contributed by atoms with E-state index in [2.05, 4.69) is 10.6 Å². The average Bonchev–Trinajstić information content (AvgIpc) is 2.02. The quantitative estimate of drug-likeness (QED) is 0.452. The molecule has 0 atom stereocenters. The summed E-state index contributed by atoms with van der Waals surface area (Å²) >= 11 is 0. The van der Waals surface area contributed by atoms with Gasteiger partial charge in [0, 0.05) is 26.1 Å². The van der Waals surface area contributed by atoms with Gasteiger partial charge < -0.3 is 10.6 Å². The summed E-state index contributed by atoms with van der Waals surface area (Å²) in [6.07, 6.45) is 0.346. The highest BCUT2D eigenvalue weighted by Crippen LogP contribution is 1.78. The van der Waals surface area contributed by atoms with Crippen LogP contribution >= 0.6 is 0 Å². The molecule has 0 spiro atoms. The normalized spacial score (nSPS) is 11.3. The number of nitrogens with one attached hydrogen (secondary N) is 2. The molecule has 14 heavy (non-hydrogen) atoms. The minimum atomic E-state index is -3.40. The molecule has 0 aliphatic carbocycles. The first-order chi connectivity index (χ1) is 6.45. The van der Waals surface area contributed by atoms with Crippen LogP contribution < -0.4 is 15.8 Å². The molecule has 0 aromatic carbocycles. The second-order valence-corrected chi connectivity index (χ2v) is 4.55. The summed E-state index contributed by atoms with van der Waals surface area (Å²) in [7, 11) is -3.40. The molecule has 0 saturated carbocycles. The van der Waals surface area contributed by atoms with E-state index in [-0.39, 0.29) is 18.2 Å². The van der Waals surface area contributed by atoms with Gasteiger partial charge in [-0.1, -0.05) is 0 Å². The van der Waals surface area contributed by atoms with Gasteiger partial charge in [0.25, 0.3) is 0 Å². The van der Waals surface area contributed by atoms with Crippen LogP contribution in [0.1, 0.15) is 13.3 Å². The Hall–Kier alpha value is -0.660. The predicted molar refractivity (Wildman–Crippen MR) is 54.1 cm³/mol. The van der Waals surface area contributed by atoms with Crippen LogP contribution in [-0.4, -0.2) is 39.7 Å². The number of carbonyl (C=O) groups is 1. The number of primary sulfonamides is 1. The van der Waals surface area contributed by atoms with Crippen LogP contribution in [0.4, 0.5) is 0 Å². The van der Waals surface area contributed by atoms with E-state index in [0.29, 0.717) is 19.5 Å². The summed E-state index contributed by atoms with van der Waals surface area (Å²) in [5.41, 5.74) is 0. The van der Waals surface area contributed by atoms with E-state index in [0.717, 1.165) is 0 Å². The van der Waals surface area contributed by atoms with Crippen molar-refractivity contribution in [2.24, 2.45) is 5.14 Å². The lowest BCUT2D eigenvalue weighted by atomic mass is 10.4. The third-order valence-corrected chi connectivity index (χ3v) is 2.24. The predicted octanol–water partition coefficient (Wildman–Crippen LogP) is -1.61. The van der Waals surface area contributed by atoms with Gasteiger partial charge in [0.1, 0.15) is 0 Å². The zero-order valence-corrected chi connectivity index (χ0v) is 9.06. The Bertz CT molecular complexity index is 263. The molecule has 0 unspecified atom stereocenters. The highest BCUT2D eigenvalue weighted by Gasteiger charge is 2.02. The maximum atomic E-state index is 10.9. The first kappa shape index (κ1) is 13.3. The third kappa shape index (κ3) is 9.43. The van der Waals surface area contributed by atoms with Gasteiger partial charge in [0.15, 0.2) is 0 Å². The summed E-state index contributed by atoms with van der Waals surface area (Å²) in [6.45, 7) is 3.18. The second kappa shape index (κ2) is 6.74. The second-order valence-electron chi connectivity index (χ2n) is 2.82. The summed E-state index contributed by atoms with van der Waals surface area (Å²) < 4.78 is 21.0. The Morgan fingerprint density at radius 2 is 2.00 bits per heavy atom. The molecule has 0 saturated heterocycles. The lowest BCUT2D eigenvalue weighted by Crippen LogP contribution is -2.31. The summed E-state index contributed by atoms with van der Waals surface area (Å²) in [4.78, 5) is 10.9. The Morgan fingerprint density at radius 3 is 2.50 bits per heavy atom. The fourth-order valence-electron chi connectivity index (χ4n) is 0.827. The van der Waals surface area contributed by atoms with Crippen LogP contribution in [0.15, 0.2) is 0 Å². The Labute approximate surface area is 84.3 Å². The highest BCUT2D eigenvalue weighted by molar-refractivity contribution is 7.89. The molecular formula is C7H17N3O3S.